The first-order valence-corrected chi connectivity index (χ1v) is 8.74. The van der Waals surface area contributed by atoms with Crippen molar-refractivity contribution in [3.05, 3.63) is 83.9 Å². The zero-order valence-corrected chi connectivity index (χ0v) is 14.8. The van der Waals surface area contributed by atoms with Gasteiger partial charge in [0.2, 0.25) is 0 Å². The van der Waals surface area contributed by atoms with E-state index in [-0.39, 0.29) is 11.9 Å². The van der Waals surface area contributed by atoms with Crippen molar-refractivity contribution in [2.24, 2.45) is 0 Å². The van der Waals surface area contributed by atoms with Crippen molar-refractivity contribution in [1.29, 1.82) is 0 Å². The fourth-order valence-electron chi connectivity index (χ4n) is 3.26. The molecule has 0 spiro atoms. The average molecular weight is 341 g/mol. The Morgan fingerprint density at radius 3 is 1.96 bits per heavy atom. The van der Waals surface area contributed by atoms with Gasteiger partial charge in [-0.1, -0.05) is 68.4 Å². The van der Waals surface area contributed by atoms with Gasteiger partial charge >= 0.3 is 5.97 Å². The Labute approximate surface area is 152 Å². The fraction of sp³-hybridized carbons (Fsp3) is 0.130. The molecule has 0 unspecified atom stereocenters. The number of benzene rings is 3. The summed E-state index contributed by atoms with van der Waals surface area (Å²) < 4.78 is 5.84. The van der Waals surface area contributed by atoms with Gasteiger partial charge in [0.15, 0.2) is 0 Å². The first-order chi connectivity index (χ1) is 12.6. The highest BCUT2D eigenvalue weighted by Crippen LogP contribution is 2.30. The smallest absolute Gasteiger partial charge is 0.344 e. The summed E-state index contributed by atoms with van der Waals surface area (Å²) in [5.41, 5.74) is 3.15. The average Bonchev–Trinajstić information content (AvgIpc) is 2.66. The number of nitrogens with zero attached hydrogens (tertiary/aromatic N) is 1. The quantitative estimate of drug-likeness (QED) is 0.271. The van der Waals surface area contributed by atoms with Crippen LogP contribution in [-0.4, -0.2) is 11.0 Å². The molecule has 1 heterocycles. The van der Waals surface area contributed by atoms with Crippen LogP contribution in [0.4, 0.5) is 0 Å². The Morgan fingerprint density at radius 1 is 0.808 bits per heavy atom. The molecule has 0 aliphatic carbocycles. The van der Waals surface area contributed by atoms with E-state index in [1.54, 1.807) is 0 Å². The minimum atomic E-state index is -0.354. The lowest BCUT2D eigenvalue weighted by atomic mass is 10.0. The maximum absolute atomic E-state index is 13.2. The van der Waals surface area contributed by atoms with Crippen LogP contribution in [0.25, 0.3) is 21.8 Å². The highest BCUT2D eigenvalue weighted by molar-refractivity contribution is 6.14. The second-order valence-electron chi connectivity index (χ2n) is 6.60. The zero-order valence-electron chi connectivity index (χ0n) is 14.8. The van der Waals surface area contributed by atoms with Gasteiger partial charge in [0.1, 0.15) is 5.75 Å². The third-order valence-electron chi connectivity index (χ3n) is 4.54. The van der Waals surface area contributed by atoms with Gasteiger partial charge in [-0.05, 0) is 29.7 Å². The molecule has 0 aliphatic rings. The van der Waals surface area contributed by atoms with Gasteiger partial charge in [0.25, 0.3) is 0 Å². The number of aromatic nitrogens is 1. The van der Waals surface area contributed by atoms with Crippen molar-refractivity contribution in [1.82, 2.24) is 4.98 Å². The summed E-state index contributed by atoms with van der Waals surface area (Å²) in [6.45, 7) is 4.17. The van der Waals surface area contributed by atoms with Crippen LogP contribution in [0, 0.1) is 0 Å². The molecule has 3 heteroatoms. The van der Waals surface area contributed by atoms with E-state index in [0.717, 1.165) is 27.4 Å². The van der Waals surface area contributed by atoms with Crippen molar-refractivity contribution in [2.45, 2.75) is 19.8 Å². The molecule has 3 nitrogen and oxygen atoms in total. The third-order valence-corrected chi connectivity index (χ3v) is 4.54. The summed E-state index contributed by atoms with van der Waals surface area (Å²) in [6, 6.07) is 23.0. The molecule has 0 bridgehead atoms. The highest BCUT2D eigenvalue weighted by Gasteiger charge is 2.19. The highest BCUT2D eigenvalue weighted by atomic mass is 16.5. The van der Waals surface area contributed by atoms with Crippen LogP contribution in [0.15, 0.2) is 72.8 Å². The monoisotopic (exact) mass is 341 g/mol. The number of rotatable bonds is 3. The SMILES string of the molecule is CC(C)c1ccccc1OC(=O)c1c2ccccc2nc2ccccc12. The van der Waals surface area contributed by atoms with E-state index >= 15 is 0 Å². The van der Waals surface area contributed by atoms with Crippen LogP contribution < -0.4 is 4.74 Å². The van der Waals surface area contributed by atoms with E-state index in [9.17, 15) is 4.79 Å². The summed E-state index contributed by atoms with van der Waals surface area (Å²) in [5.74, 6) is 0.523. The molecule has 26 heavy (non-hydrogen) atoms. The summed E-state index contributed by atoms with van der Waals surface area (Å²) in [6.07, 6.45) is 0. The van der Waals surface area contributed by atoms with Crippen LogP contribution in [0.1, 0.15) is 35.7 Å². The molecule has 4 aromatic rings. The van der Waals surface area contributed by atoms with Crippen LogP contribution in [0.2, 0.25) is 0 Å². The molecule has 0 atom stereocenters. The molecule has 0 saturated carbocycles. The predicted molar refractivity (Wildman–Crippen MR) is 105 cm³/mol. The van der Waals surface area contributed by atoms with Gasteiger partial charge in [0, 0.05) is 10.8 Å². The number of hydrogen-bond acceptors (Lipinski definition) is 3. The van der Waals surface area contributed by atoms with Crippen LogP contribution >= 0.6 is 0 Å². The normalized spacial score (nSPS) is 11.2. The molecule has 4 rings (SSSR count). The van der Waals surface area contributed by atoms with Crippen molar-refractivity contribution in [3.8, 4) is 5.75 Å². The summed E-state index contributed by atoms with van der Waals surface area (Å²) in [7, 11) is 0. The number of para-hydroxylation sites is 3. The molecule has 0 aliphatic heterocycles. The molecular weight excluding hydrogens is 322 g/mol. The van der Waals surface area contributed by atoms with Crippen molar-refractivity contribution < 1.29 is 9.53 Å². The topological polar surface area (TPSA) is 39.2 Å². The predicted octanol–water partition coefficient (Wildman–Crippen LogP) is 5.73. The molecule has 0 fully saturated rings. The number of pyridine rings is 1. The number of hydrogen-bond donors (Lipinski definition) is 0. The van der Waals surface area contributed by atoms with Crippen LogP contribution in [-0.2, 0) is 0 Å². The molecule has 0 amide bonds. The van der Waals surface area contributed by atoms with Gasteiger partial charge in [-0.25, -0.2) is 9.78 Å². The molecular formula is C23H19NO2. The van der Waals surface area contributed by atoms with Crippen molar-refractivity contribution >= 4 is 27.8 Å². The Morgan fingerprint density at radius 2 is 1.35 bits per heavy atom. The van der Waals surface area contributed by atoms with Gasteiger partial charge in [-0.3, -0.25) is 0 Å². The lowest BCUT2D eigenvalue weighted by Crippen LogP contribution is -2.12. The molecule has 128 valence electrons. The number of carbonyl (C=O) groups excluding carboxylic acids is 1. The van der Waals surface area contributed by atoms with E-state index in [2.05, 4.69) is 18.8 Å². The fourth-order valence-corrected chi connectivity index (χ4v) is 3.26. The second-order valence-corrected chi connectivity index (χ2v) is 6.60. The van der Waals surface area contributed by atoms with E-state index < -0.39 is 0 Å². The lowest BCUT2D eigenvalue weighted by molar-refractivity contribution is 0.0737. The largest absolute Gasteiger partial charge is 0.423 e. The van der Waals surface area contributed by atoms with E-state index in [0.29, 0.717) is 11.3 Å². The maximum Gasteiger partial charge on any atom is 0.344 e. The number of carbonyl (C=O) groups is 1. The van der Waals surface area contributed by atoms with Gasteiger partial charge in [-0.2, -0.15) is 0 Å². The van der Waals surface area contributed by atoms with Gasteiger partial charge in [0.05, 0.1) is 16.6 Å². The first-order valence-electron chi connectivity index (χ1n) is 8.74. The standard InChI is InChI=1S/C23H19NO2/c1-15(2)16-9-5-8-14-21(16)26-23(25)22-17-10-3-6-12-19(17)24-20-13-7-4-11-18(20)22/h3-15H,1-2H3. The third kappa shape index (κ3) is 2.82. The molecule has 0 saturated heterocycles. The Balaban J connectivity index is 1.89. The van der Waals surface area contributed by atoms with E-state index in [1.807, 2.05) is 72.8 Å². The van der Waals surface area contributed by atoms with Crippen LogP contribution in [0.3, 0.4) is 0 Å². The Hall–Kier alpha value is -3.20. The number of ether oxygens (including phenoxy) is 1. The van der Waals surface area contributed by atoms with E-state index in [1.165, 1.54) is 0 Å². The van der Waals surface area contributed by atoms with Crippen molar-refractivity contribution in [2.75, 3.05) is 0 Å². The van der Waals surface area contributed by atoms with Gasteiger partial charge < -0.3 is 4.74 Å². The molecule has 0 N–H and O–H groups in total. The Kier molecular flexibility index (Phi) is 4.13. The summed E-state index contributed by atoms with van der Waals surface area (Å²) >= 11 is 0. The minimum absolute atomic E-state index is 0.268. The first kappa shape index (κ1) is 16.3. The minimum Gasteiger partial charge on any atom is -0.423 e. The summed E-state index contributed by atoms with van der Waals surface area (Å²) in [4.78, 5) is 17.8. The number of fused-ring (bicyclic) bond motifs is 2. The van der Waals surface area contributed by atoms with Crippen molar-refractivity contribution in [3.63, 3.8) is 0 Å². The Bertz CT molecular complexity index is 1060. The molecule has 1 aromatic heterocycles. The van der Waals surface area contributed by atoms with Crippen LogP contribution in [0.5, 0.6) is 5.75 Å². The maximum atomic E-state index is 13.2. The second kappa shape index (κ2) is 6.60. The number of esters is 1. The molecule has 3 aromatic carbocycles. The van der Waals surface area contributed by atoms with E-state index in [4.69, 9.17) is 4.74 Å². The van der Waals surface area contributed by atoms with Gasteiger partial charge in [-0.15, -0.1) is 0 Å². The lowest BCUT2D eigenvalue weighted by Gasteiger charge is -2.14. The summed E-state index contributed by atoms with van der Waals surface area (Å²) in [5, 5.41) is 1.61. The zero-order chi connectivity index (χ0) is 18.1. The molecule has 0 radical (unpaired) electrons.